The van der Waals surface area contributed by atoms with Crippen molar-refractivity contribution in [3.8, 4) is 11.5 Å². The average molecular weight is 950 g/mol. The normalized spacial score (nSPS) is 16.3. The summed E-state index contributed by atoms with van der Waals surface area (Å²) < 4.78 is 19.1. The van der Waals surface area contributed by atoms with Crippen molar-refractivity contribution in [2.45, 2.75) is 41.5 Å². The molecule has 4 aliphatic heterocycles. The number of rotatable bonds is 3. The minimum absolute atomic E-state index is 0.125. The van der Waals surface area contributed by atoms with E-state index in [1.165, 1.54) is 16.7 Å². The zero-order valence-electron chi connectivity index (χ0n) is 32.5. The summed E-state index contributed by atoms with van der Waals surface area (Å²) >= 11 is 22.2. The Bertz CT molecular complexity index is 2810. The second-order valence-corrected chi connectivity index (χ2v) is 27.8. The molecule has 0 N–H and O–H groups in total. The number of nitrogens with zero attached hydrogens (tertiary/aromatic N) is 3. The molecule has 0 bridgehead atoms. The molecule has 7 aromatic rings. The zero-order chi connectivity index (χ0) is 40.2. The van der Waals surface area contributed by atoms with E-state index in [0.29, 0.717) is 11.5 Å². The van der Waals surface area contributed by atoms with Gasteiger partial charge < -0.3 is 0 Å². The molecule has 0 amide bonds. The number of anilines is 9. The first-order chi connectivity index (χ1) is 27.8. The van der Waals surface area contributed by atoms with E-state index in [-0.39, 0.29) is 20.1 Å². The molecule has 0 unspecified atom stereocenters. The monoisotopic (exact) mass is 947 g/mol. The van der Waals surface area contributed by atoms with Gasteiger partial charge in [0.25, 0.3) is 0 Å². The van der Waals surface area contributed by atoms with E-state index >= 15 is 0 Å². The van der Waals surface area contributed by atoms with Crippen LogP contribution in [-0.2, 0) is 0 Å². The summed E-state index contributed by atoms with van der Waals surface area (Å²) in [6, 6.07) is 39.6. The molecule has 4 heterocycles. The van der Waals surface area contributed by atoms with Gasteiger partial charge in [0, 0.05) is 0 Å². The van der Waals surface area contributed by atoms with Crippen molar-refractivity contribution in [1.29, 1.82) is 0 Å². The molecule has 58 heavy (non-hydrogen) atoms. The second-order valence-electron chi connectivity index (χ2n) is 15.9. The van der Waals surface area contributed by atoms with Crippen LogP contribution in [-0.4, -0.2) is 18.2 Å². The van der Waals surface area contributed by atoms with E-state index in [1.54, 1.807) is 0 Å². The number of benzene rings is 7. The third kappa shape index (κ3) is 4.47. The van der Waals surface area contributed by atoms with Crippen molar-refractivity contribution in [3.63, 3.8) is 0 Å². The molecule has 7 aromatic carbocycles. The third-order valence-electron chi connectivity index (χ3n) is 12.1. The zero-order valence-corrected chi connectivity index (χ0v) is 38.1. The van der Waals surface area contributed by atoms with Gasteiger partial charge in [0.05, 0.1) is 0 Å². The Labute approximate surface area is 360 Å². The number of hydrogen-bond acceptors (Lipinski definition) is 5. The van der Waals surface area contributed by atoms with Crippen molar-refractivity contribution >= 4 is 126 Å². The van der Waals surface area contributed by atoms with Crippen molar-refractivity contribution in [1.82, 2.24) is 0 Å². The number of fused-ring (bicyclic) bond motifs is 1. The van der Waals surface area contributed by atoms with Gasteiger partial charge in [0.1, 0.15) is 0 Å². The van der Waals surface area contributed by atoms with E-state index in [0.717, 1.165) is 78.4 Å². The molecule has 0 aliphatic carbocycles. The standard InChI is InChI=1S/C42H36N3.C6H2Cl4O2.Sb/c1-28-7-15-34(16-8-28)43-37-21-13-32(5)41(26-37)45(36-19-11-30(3)12-20-36)42-27-38(22-14-33(42)6)44(35-17-9-29(2)10-18-35)40-24-31(4)23-39(43)25-40;7-1-2(8)4(10)6(12)5(11)3(1)9;/h7-24H,1-6H3;11-12H;/q;;+2/p-2. The van der Waals surface area contributed by atoms with Crippen LogP contribution in [0.15, 0.2) is 109 Å². The van der Waals surface area contributed by atoms with Gasteiger partial charge in [-0.1, -0.05) is 0 Å². The molecular formula is C48H36Cl4N3O2Sb. The Balaban J connectivity index is 1.42. The average Bonchev–Trinajstić information content (AvgIpc) is 3.56. The van der Waals surface area contributed by atoms with Crippen LogP contribution in [0.4, 0.5) is 51.2 Å². The molecule has 5 nitrogen and oxygen atoms in total. The maximum absolute atomic E-state index is 8.05. The van der Waals surface area contributed by atoms with E-state index in [1.807, 2.05) is 0 Å². The van der Waals surface area contributed by atoms with Gasteiger partial charge >= 0.3 is 363 Å². The van der Waals surface area contributed by atoms with Gasteiger partial charge in [-0.15, -0.1) is 0 Å². The van der Waals surface area contributed by atoms with Crippen LogP contribution >= 0.6 is 46.4 Å². The summed E-state index contributed by atoms with van der Waals surface area (Å²) in [4.78, 5) is 7.20. The van der Waals surface area contributed by atoms with Gasteiger partial charge in [-0.05, 0) is 0 Å². The fourth-order valence-electron chi connectivity index (χ4n) is 9.56. The van der Waals surface area contributed by atoms with Crippen LogP contribution in [0.3, 0.4) is 0 Å². The van der Waals surface area contributed by atoms with Crippen LogP contribution in [0, 0.1) is 41.5 Å². The van der Waals surface area contributed by atoms with Crippen molar-refractivity contribution in [2.24, 2.45) is 0 Å². The fourth-order valence-corrected chi connectivity index (χ4v) is 27.8. The Kier molecular flexibility index (Phi) is 7.75. The quantitative estimate of drug-likeness (QED) is 0.1000. The van der Waals surface area contributed by atoms with Crippen LogP contribution in [0.25, 0.3) is 0 Å². The summed E-state index contributed by atoms with van der Waals surface area (Å²) in [5.41, 5.74) is 15.7. The number of aryl methyl sites for hydroxylation is 6. The van der Waals surface area contributed by atoms with Gasteiger partial charge in [0.15, 0.2) is 0 Å². The predicted octanol–water partition coefficient (Wildman–Crippen LogP) is 13.4. The Hall–Kier alpha value is -4.48. The summed E-state index contributed by atoms with van der Waals surface area (Å²) in [5, 5.41) is 0.596. The maximum atomic E-state index is 8.05. The summed E-state index contributed by atoms with van der Waals surface area (Å²) in [7, 11) is 0. The first kappa shape index (κ1) is 36.6. The fraction of sp³-hybridized carbons (Fsp3) is 0.125. The predicted molar refractivity (Wildman–Crippen MR) is 245 cm³/mol. The minimum atomic E-state index is -6.12. The van der Waals surface area contributed by atoms with Gasteiger partial charge in [-0.3, -0.25) is 0 Å². The summed E-state index contributed by atoms with van der Waals surface area (Å²) in [5.74, 6) is 0.627. The Morgan fingerprint density at radius 1 is 0.379 bits per heavy atom. The first-order valence-corrected chi connectivity index (χ1v) is 26.6. The van der Waals surface area contributed by atoms with E-state index in [2.05, 4.69) is 165 Å². The summed E-state index contributed by atoms with van der Waals surface area (Å²) in [6.07, 6.45) is 0. The van der Waals surface area contributed by atoms with Crippen LogP contribution in [0.1, 0.15) is 33.4 Å². The molecule has 10 heteroatoms. The van der Waals surface area contributed by atoms with Crippen molar-refractivity contribution in [2.75, 3.05) is 14.7 Å². The molecule has 0 radical (unpaired) electrons. The molecule has 1 spiro atoms. The number of halogens is 4. The van der Waals surface area contributed by atoms with Crippen LogP contribution in [0.2, 0.25) is 20.1 Å². The van der Waals surface area contributed by atoms with E-state index < -0.39 is 18.2 Å². The molecule has 0 aromatic heterocycles. The molecule has 0 atom stereocenters. The molecule has 0 saturated carbocycles. The van der Waals surface area contributed by atoms with Gasteiger partial charge in [0.2, 0.25) is 0 Å². The molecule has 0 fully saturated rings. The van der Waals surface area contributed by atoms with Gasteiger partial charge in [-0.2, -0.15) is 0 Å². The molecular weight excluding hydrogens is 914 g/mol. The molecule has 11 rings (SSSR count). The van der Waals surface area contributed by atoms with Crippen molar-refractivity contribution in [3.05, 3.63) is 163 Å². The topological polar surface area (TPSA) is 28.2 Å². The summed E-state index contributed by atoms with van der Waals surface area (Å²) in [6.45, 7) is 12.8. The molecule has 288 valence electrons. The van der Waals surface area contributed by atoms with E-state index in [4.69, 9.17) is 52.4 Å². The SMILES string of the molecule is Cc1ccc(N2c3cc(C)cc4[c]3[Sb]35([O]c6c(Cl)c(Cl)c(Cl)c(Cl)c6[O]3)[c]3c2ccc(C)c3N(c2ccc(C)cc2)c2c(C)ccc([c]25)N4c2ccc(C)cc2)cc1. The van der Waals surface area contributed by atoms with Crippen molar-refractivity contribution < 1.29 is 6.03 Å². The Morgan fingerprint density at radius 2 is 0.741 bits per heavy atom. The first-order valence-electron chi connectivity index (χ1n) is 19.2. The molecule has 4 aliphatic rings. The second kappa shape index (κ2) is 12.3. The van der Waals surface area contributed by atoms with Crippen LogP contribution < -0.4 is 31.3 Å². The van der Waals surface area contributed by atoms with Gasteiger partial charge in [-0.25, -0.2) is 0 Å². The third-order valence-corrected chi connectivity index (χ3v) is 27.7. The van der Waals surface area contributed by atoms with Crippen LogP contribution in [0.5, 0.6) is 11.5 Å². The molecule has 0 saturated heterocycles. The van der Waals surface area contributed by atoms with E-state index in [9.17, 15) is 0 Å². The Morgan fingerprint density at radius 3 is 1.12 bits per heavy atom. The number of hydrogen-bond donors (Lipinski definition) is 0.